The first-order valence-electron chi connectivity index (χ1n) is 8.25. The lowest BCUT2D eigenvalue weighted by molar-refractivity contribution is -0.402. The Balaban J connectivity index is 1.43. The average molecular weight is 383 g/mol. The Morgan fingerprint density at radius 3 is 2.68 bits per heavy atom. The minimum absolute atomic E-state index is 0.0668. The second-order valence-electron chi connectivity index (χ2n) is 6.04. The summed E-state index contributed by atoms with van der Waals surface area (Å²) in [6, 6.07) is 11.3. The molecule has 2 amide bonds. The van der Waals surface area contributed by atoms with Crippen LogP contribution >= 0.6 is 0 Å². The van der Waals surface area contributed by atoms with Gasteiger partial charge in [0.1, 0.15) is 4.92 Å². The van der Waals surface area contributed by atoms with Gasteiger partial charge in [-0.2, -0.15) is 0 Å². The van der Waals surface area contributed by atoms with Gasteiger partial charge in [-0.15, -0.1) is 5.10 Å². The maximum atomic E-state index is 12.3. The number of hydrogen-bond acceptors (Lipinski definition) is 8. The third kappa shape index (κ3) is 3.32. The molecule has 1 fully saturated rings. The second-order valence-corrected chi connectivity index (χ2v) is 6.04. The Kier molecular flexibility index (Phi) is 4.32. The van der Waals surface area contributed by atoms with Crippen molar-refractivity contribution in [2.24, 2.45) is 0 Å². The first-order valence-corrected chi connectivity index (χ1v) is 8.25. The first kappa shape index (κ1) is 17.4. The van der Waals surface area contributed by atoms with Crippen LogP contribution in [-0.4, -0.2) is 33.5 Å². The lowest BCUT2D eigenvalue weighted by Gasteiger charge is -2.15. The molecule has 1 aromatic carbocycles. The van der Waals surface area contributed by atoms with Gasteiger partial charge in [0.05, 0.1) is 12.0 Å². The summed E-state index contributed by atoms with van der Waals surface area (Å²) in [5.41, 5.74) is 0.780. The van der Waals surface area contributed by atoms with Crippen LogP contribution < -0.4 is 10.2 Å². The van der Waals surface area contributed by atoms with Crippen molar-refractivity contribution in [1.82, 2.24) is 10.2 Å². The lowest BCUT2D eigenvalue weighted by atomic mass is 10.1. The van der Waals surface area contributed by atoms with E-state index in [0.29, 0.717) is 6.54 Å². The summed E-state index contributed by atoms with van der Waals surface area (Å²) in [6.07, 6.45) is 0.203. The zero-order valence-electron chi connectivity index (χ0n) is 14.3. The van der Waals surface area contributed by atoms with Gasteiger partial charge in [-0.05, 0) is 18.2 Å². The van der Waals surface area contributed by atoms with Crippen molar-refractivity contribution in [3.63, 3.8) is 0 Å². The van der Waals surface area contributed by atoms with Gasteiger partial charge in [0.25, 0.3) is 5.91 Å². The van der Waals surface area contributed by atoms with Crippen molar-refractivity contribution in [3.05, 3.63) is 64.2 Å². The van der Waals surface area contributed by atoms with Crippen molar-refractivity contribution in [3.8, 4) is 0 Å². The number of nitro groups is 1. The molecule has 1 saturated heterocycles. The number of carbonyl (C=O) groups excluding carboxylic acids is 2. The molecule has 11 nitrogen and oxygen atoms in total. The van der Waals surface area contributed by atoms with Gasteiger partial charge in [0.2, 0.25) is 11.8 Å². The van der Waals surface area contributed by atoms with E-state index in [1.807, 2.05) is 30.3 Å². The lowest BCUT2D eigenvalue weighted by Crippen LogP contribution is -2.24. The van der Waals surface area contributed by atoms with Crippen molar-refractivity contribution in [2.45, 2.75) is 12.3 Å². The fourth-order valence-electron chi connectivity index (χ4n) is 2.89. The number of hydrogen-bond donors (Lipinski definition) is 1. The van der Waals surface area contributed by atoms with E-state index in [0.717, 1.165) is 17.8 Å². The van der Waals surface area contributed by atoms with E-state index >= 15 is 0 Å². The molecule has 1 aliphatic heterocycles. The van der Waals surface area contributed by atoms with Crippen LogP contribution in [0.3, 0.4) is 0 Å². The van der Waals surface area contributed by atoms with E-state index in [1.165, 1.54) is 0 Å². The zero-order chi connectivity index (χ0) is 19.7. The van der Waals surface area contributed by atoms with E-state index in [-0.39, 0.29) is 35.9 Å². The molecule has 28 heavy (non-hydrogen) atoms. The topological polar surface area (TPSA) is 145 Å². The van der Waals surface area contributed by atoms with Gasteiger partial charge in [-0.3, -0.25) is 25.0 Å². The van der Waals surface area contributed by atoms with Gasteiger partial charge in [0.15, 0.2) is 5.76 Å². The summed E-state index contributed by atoms with van der Waals surface area (Å²) in [5.74, 6) is -1.75. The standard InChI is InChI=1S/C17H13N5O6/c23-13-8-10(9-21(13)11-4-2-1-3-5-11)16-19-20-17(28-16)18-15(24)12-6-7-14(27-12)22(25)26/h1-7,10H,8-9H2,(H,18,20,24). The Morgan fingerprint density at radius 1 is 1.18 bits per heavy atom. The molecule has 1 aliphatic rings. The Bertz CT molecular complexity index is 1040. The number of anilines is 2. The van der Waals surface area contributed by atoms with Gasteiger partial charge < -0.3 is 13.7 Å². The van der Waals surface area contributed by atoms with Crippen LogP contribution in [-0.2, 0) is 4.79 Å². The number of carbonyl (C=O) groups is 2. The SMILES string of the molecule is O=C(Nc1nnc(C2CC(=O)N(c3ccccc3)C2)o1)c1ccc([N+](=O)[O-])o1. The van der Waals surface area contributed by atoms with Gasteiger partial charge in [-0.25, -0.2) is 0 Å². The fourth-order valence-corrected chi connectivity index (χ4v) is 2.89. The number of rotatable bonds is 5. The van der Waals surface area contributed by atoms with Crippen LogP contribution in [0, 0.1) is 10.1 Å². The fraction of sp³-hybridized carbons (Fsp3) is 0.176. The van der Waals surface area contributed by atoms with Crippen molar-refractivity contribution in [1.29, 1.82) is 0 Å². The third-order valence-corrected chi connectivity index (χ3v) is 4.20. The largest absolute Gasteiger partial charge is 0.433 e. The summed E-state index contributed by atoms with van der Waals surface area (Å²) < 4.78 is 10.2. The van der Waals surface area contributed by atoms with Gasteiger partial charge in [0, 0.05) is 18.7 Å². The summed E-state index contributed by atoms with van der Waals surface area (Å²) in [5, 5.41) is 20.6. The highest BCUT2D eigenvalue weighted by atomic mass is 16.6. The van der Waals surface area contributed by atoms with Crippen LogP contribution in [0.4, 0.5) is 17.6 Å². The smallest absolute Gasteiger partial charge is 0.407 e. The number of nitrogens with one attached hydrogen (secondary N) is 1. The van der Waals surface area contributed by atoms with E-state index in [1.54, 1.807) is 4.90 Å². The molecular formula is C17H13N5O6. The first-order chi connectivity index (χ1) is 13.5. The summed E-state index contributed by atoms with van der Waals surface area (Å²) in [4.78, 5) is 35.8. The highest BCUT2D eigenvalue weighted by molar-refractivity contribution is 6.01. The number of para-hydroxylation sites is 1. The number of nitrogens with zero attached hydrogens (tertiary/aromatic N) is 4. The molecule has 2 aromatic heterocycles. The summed E-state index contributed by atoms with van der Waals surface area (Å²) >= 11 is 0. The predicted molar refractivity (Wildman–Crippen MR) is 93.8 cm³/mol. The quantitative estimate of drug-likeness (QED) is 0.522. The maximum Gasteiger partial charge on any atom is 0.433 e. The monoisotopic (exact) mass is 383 g/mol. The van der Waals surface area contributed by atoms with E-state index in [4.69, 9.17) is 8.83 Å². The second kappa shape index (κ2) is 6.95. The van der Waals surface area contributed by atoms with Crippen LogP contribution in [0.2, 0.25) is 0 Å². The van der Waals surface area contributed by atoms with E-state index < -0.39 is 16.7 Å². The molecule has 11 heteroatoms. The molecule has 0 radical (unpaired) electrons. The Hall–Kier alpha value is -4.02. The van der Waals surface area contributed by atoms with Crippen LogP contribution in [0.25, 0.3) is 0 Å². The number of furan rings is 1. The molecule has 0 bridgehead atoms. The molecule has 1 unspecified atom stereocenters. The highest BCUT2D eigenvalue weighted by Gasteiger charge is 2.35. The minimum Gasteiger partial charge on any atom is -0.407 e. The van der Waals surface area contributed by atoms with Crippen molar-refractivity contribution >= 4 is 29.4 Å². The highest BCUT2D eigenvalue weighted by Crippen LogP contribution is 2.31. The van der Waals surface area contributed by atoms with E-state index in [2.05, 4.69) is 15.5 Å². The molecular weight excluding hydrogens is 370 g/mol. The molecule has 0 spiro atoms. The average Bonchev–Trinajstić information content (AvgIpc) is 3.41. The predicted octanol–water partition coefficient (Wildman–Crippen LogP) is 2.34. The number of benzene rings is 1. The molecule has 142 valence electrons. The molecule has 3 aromatic rings. The summed E-state index contributed by atoms with van der Waals surface area (Å²) in [7, 11) is 0. The van der Waals surface area contributed by atoms with Crippen LogP contribution in [0.15, 0.2) is 51.3 Å². The van der Waals surface area contributed by atoms with Gasteiger partial charge in [-0.1, -0.05) is 23.3 Å². The zero-order valence-corrected chi connectivity index (χ0v) is 14.3. The maximum absolute atomic E-state index is 12.3. The molecule has 1 atom stereocenters. The molecule has 3 heterocycles. The van der Waals surface area contributed by atoms with Gasteiger partial charge >= 0.3 is 11.9 Å². The van der Waals surface area contributed by atoms with Crippen molar-refractivity contribution in [2.75, 3.05) is 16.8 Å². The van der Waals surface area contributed by atoms with Crippen LogP contribution in [0.5, 0.6) is 0 Å². The number of amides is 2. The molecule has 1 N–H and O–H groups in total. The minimum atomic E-state index is -0.767. The van der Waals surface area contributed by atoms with E-state index in [9.17, 15) is 19.7 Å². The Morgan fingerprint density at radius 2 is 1.96 bits per heavy atom. The normalized spacial score (nSPS) is 16.4. The Labute approximate surface area is 157 Å². The molecule has 0 aliphatic carbocycles. The summed E-state index contributed by atoms with van der Waals surface area (Å²) in [6.45, 7) is 0.378. The molecule has 0 saturated carbocycles. The van der Waals surface area contributed by atoms with Crippen molar-refractivity contribution < 1.29 is 23.3 Å². The van der Waals surface area contributed by atoms with Crippen LogP contribution in [0.1, 0.15) is 28.8 Å². The molecule has 4 rings (SSSR count). The third-order valence-electron chi connectivity index (χ3n) is 4.20. The number of aromatic nitrogens is 2.